The van der Waals surface area contributed by atoms with Crippen LogP contribution in [0, 0.1) is 0 Å². The van der Waals surface area contributed by atoms with Crippen molar-refractivity contribution in [1.82, 2.24) is 0 Å². The molecule has 6 heteroatoms. The molecule has 0 rings (SSSR count). The maximum Gasteiger partial charge on any atom is 0.309 e. The monoisotopic (exact) mass is 759 g/mol. The first-order chi connectivity index (χ1) is 27.0. The number of ether oxygens (including phenoxy) is 3. The highest BCUT2D eigenvalue weighted by Crippen LogP contribution is 2.09. The summed E-state index contributed by atoms with van der Waals surface area (Å²) in [4.78, 5) is 37.5. The van der Waals surface area contributed by atoms with Gasteiger partial charge in [-0.2, -0.15) is 0 Å². The fourth-order valence-corrected chi connectivity index (χ4v) is 4.92. The summed E-state index contributed by atoms with van der Waals surface area (Å²) >= 11 is 0. The first-order valence-electron chi connectivity index (χ1n) is 21.0. The van der Waals surface area contributed by atoms with Gasteiger partial charge in [0.25, 0.3) is 0 Å². The Balaban J connectivity index is 4.57. The summed E-state index contributed by atoms with van der Waals surface area (Å²) in [6, 6.07) is 0. The van der Waals surface area contributed by atoms with Crippen molar-refractivity contribution in [2.24, 2.45) is 0 Å². The van der Waals surface area contributed by atoms with Crippen molar-refractivity contribution in [3.8, 4) is 0 Å². The quantitative estimate of drug-likeness (QED) is 0.0277. The second-order valence-electron chi connectivity index (χ2n) is 13.1. The van der Waals surface area contributed by atoms with Gasteiger partial charge in [-0.05, 0) is 103 Å². The van der Waals surface area contributed by atoms with Gasteiger partial charge in [0, 0.05) is 12.8 Å². The third-order valence-electron chi connectivity index (χ3n) is 7.98. The molecule has 0 saturated carbocycles. The van der Waals surface area contributed by atoms with Gasteiger partial charge in [0.2, 0.25) is 0 Å². The van der Waals surface area contributed by atoms with Crippen molar-refractivity contribution >= 4 is 17.9 Å². The van der Waals surface area contributed by atoms with Gasteiger partial charge in [-0.1, -0.05) is 149 Å². The van der Waals surface area contributed by atoms with E-state index >= 15 is 0 Å². The third-order valence-corrected chi connectivity index (χ3v) is 7.98. The highest BCUT2D eigenvalue weighted by Gasteiger charge is 2.19. The van der Waals surface area contributed by atoms with Gasteiger partial charge in [-0.3, -0.25) is 14.4 Å². The summed E-state index contributed by atoms with van der Waals surface area (Å²) in [6.45, 7) is 6.08. The number of carbonyl (C=O) groups excluding carboxylic acids is 3. The van der Waals surface area contributed by atoms with Crippen molar-refractivity contribution in [3.63, 3.8) is 0 Å². The number of rotatable bonds is 35. The van der Waals surface area contributed by atoms with Crippen LogP contribution in [0.2, 0.25) is 0 Å². The lowest BCUT2D eigenvalue weighted by Gasteiger charge is -2.18. The fourth-order valence-electron chi connectivity index (χ4n) is 4.92. The van der Waals surface area contributed by atoms with Crippen LogP contribution in [-0.4, -0.2) is 37.2 Å². The highest BCUT2D eigenvalue weighted by atomic mass is 16.6. The molecule has 0 heterocycles. The third kappa shape index (κ3) is 40.8. The molecule has 6 nitrogen and oxygen atoms in total. The van der Waals surface area contributed by atoms with Crippen molar-refractivity contribution in [2.45, 2.75) is 155 Å². The van der Waals surface area contributed by atoms with Crippen molar-refractivity contribution in [2.75, 3.05) is 13.2 Å². The average molecular weight is 759 g/mol. The molecular weight excluding hydrogens is 685 g/mol. The van der Waals surface area contributed by atoms with E-state index in [9.17, 15) is 14.4 Å². The van der Waals surface area contributed by atoms with E-state index in [1.807, 2.05) is 6.08 Å². The zero-order valence-electron chi connectivity index (χ0n) is 34.6. The Morgan fingerprint density at radius 3 is 1.18 bits per heavy atom. The summed E-state index contributed by atoms with van der Waals surface area (Å²) in [5, 5.41) is 0. The SMILES string of the molecule is CC/C=C\C/C=C\C/C=C\C/C=C\CCCCCC(=O)OCC(COC(=O)C/C=C\C/C=C\C/C=C\CC)OC(=O)CCCC/C=C\C/C=C\C/C=C\CC. The smallest absolute Gasteiger partial charge is 0.309 e. The fraction of sp³-hybridized carbons (Fsp3) is 0.531. The molecule has 306 valence electrons. The minimum Gasteiger partial charge on any atom is -0.462 e. The summed E-state index contributed by atoms with van der Waals surface area (Å²) in [5.41, 5.74) is 0. The minimum absolute atomic E-state index is 0.115. The molecule has 0 fully saturated rings. The lowest BCUT2D eigenvalue weighted by Crippen LogP contribution is -2.30. The van der Waals surface area contributed by atoms with Crippen molar-refractivity contribution in [3.05, 3.63) is 122 Å². The Morgan fingerprint density at radius 2 is 0.727 bits per heavy atom. The molecule has 0 radical (unpaired) electrons. The predicted molar refractivity (Wildman–Crippen MR) is 233 cm³/mol. The van der Waals surface area contributed by atoms with E-state index in [1.54, 1.807) is 6.08 Å². The van der Waals surface area contributed by atoms with Crippen LogP contribution in [0.1, 0.15) is 149 Å². The molecule has 0 aromatic carbocycles. The molecule has 0 saturated heterocycles. The topological polar surface area (TPSA) is 78.9 Å². The molecule has 1 atom stereocenters. The molecule has 0 aromatic rings. The van der Waals surface area contributed by atoms with E-state index in [4.69, 9.17) is 14.2 Å². The zero-order valence-corrected chi connectivity index (χ0v) is 34.6. The van der Waals surface area contributed by atoms with E-state index in [0.717, 1.165) is 103 Å². The molecule has 0 aliphatic carbocycles. The van der Waals surface area contributed by atoms with Crippen LogP contribution >= 0.6 is 0 Å². The molecule has 55 heavy (non-hydrogen) atoms. The van der Waals surface area contributed by atoms with E-state index in [-0.39, 0.29) is 38.0 Å². The first-order valence-corrected chi connectivity index (χ1v) is 21.0. The standard InChI is InChI=1S/C49H74O6/c1-4-7-10-13-16-19-21-23-24-25-26-28-30-33-36-39-42-48(51)54-45-46(44-53-47(50)41-38-35-32-29-18-15-12-9-6-3)55-49(52)43-40-37-34-31-27-22-20-17-14-11-8-5-2/h7-12,16-20,23-24,26-29,31,35,38,46H,4-6,13-15,21-22,25,30,32-34,36-37,39-45H2,1-3H3/b10-7-,11-8-,12-9-,19-16-,20-17-,24-23-,28-26-,29-18-,31-27-,38-35-. The van der Waals surface area contributed by atoms with Gasteiger partial charge in [0.1, 0.15) is 13.2 Å². The number of unbranched alkanes of at least 4 members (excludes halogenated alkanes) is 5. The Bertz CT molecular complexity index is 1240. The van der Waals surface area contributed by atoms with Crippen LogP contribution in [0.15, 0.2) is 122 Å². The van der Waals surface area contributed by atoms with Gasteiger partial charge < -0.3 is 14.2 Å². The van der Waals surface area contributed by atoms with E-state index in [2.05, 4.69) is 130 Å². The molecule has 0 aliphatic rings. The van der Waals surface area contributed by atoms with Crippen LogP contribution in [-0.2, 0) is 28.6 Å². The van der Waals surface area contributed by atoms with Gasteiger partial charge in [0.15, 0.2) is 6.10 Å². The Hall–Kier alpha value is -4.19. The van der Waals surface area contributed by atoms with Crippen molar-refractivity contribution < 1.29 is 28.6 Å². The van der Waals surface area contributed by atoms with E-state index < -0.39 is 12.1 Å². The minimum atomic E-state index is -0.847. The lowest BCUT2D eigenvalue weighted by molar-refractivity contribution is -0.166. The maximum absolute atomic E-state index is 12.6. The largest absolute Gasteiger partial charge is 0.462 e. The Morgan fingerprint density at radius 1 is 0.382 bits per heavy atom. The van der Waals surface area contributed by atoms with E-state index in [1.165, 1.54) is 0 Å². The molecule has 0 aromatic heterocycles. The lowest BCUT2D eigenvalue weighted by atomic mass is 10.1. The molecule has 0 amide bonds. The average Bonchev–Trinajstić information content (AvgIpc) is 3.18. The Kier molecular flexibility index (Phi) is 39.3. The molecule has 1 unspecified atom stereocenters. The normalized spacial score (nSPS) is 13.3. The maximum atomic E-state index is 12.6. The van der Waals surface area contributed by atoms with Gasteiger partial charge >= 0.3 is 17.9 Å². The number of allylic oxidation sites excluding steroid dienone is 19. The van der Waals surface area contributed by atoms with Crippen LogP contribution in [0.3, 0.4) is 0 Å². The summed E-state index contributed by atoms with van der Waals surface area (Å²) < 4.78 is 16.5. The van der Waals surface area contributed by atoms with Crippen LogP contribution in [0.25, 0.3) is 0 Å². The van der Waals surface area contributed by atoms with Crippen LogP contribution in [0.5, 0.6) is 0 Å². The number of hydrogen-bond donors (Lipinski definition) is 0. The molecule has 0 bridgehead atoms. The van der Waals surface area contributed by atoms with E-state index in [0.29, 0.717) is 12.8 Å². The number of hydrogen-bond acceptors (Lipinski definition) is 6. The van der Waals surface area contributed by atoms with Crippen molar-refractivity contribution in [1.29, 1.82) is 0 Å². The summed E-state index contributed by atoms with van der Waals surface area (Å²) in [7, 11) is 0. The molecule has 0 spiro atoms. The second kappa shape index (κ2) is 42.6. The van der Waals surface area contributed by atoms with Crippen LogP contribution < -0.4 is 0 Å². The molecule has 0 N–H and O–H groups in total. The number of esters is 3. The van der Waals surface area contributed by atoms with Gasteiger partial charge in [0.05, 0.1) is 6.42 Å². The van der Waals surface area contributed by atoms with Gasteiger partial charge in [-0.25, -0.2) is 0 Å². The van der Waals surface area contributed by atoms with Crippen LogP contribution in [0.4, 0.5) is 0 Å². The molecular formula is C49H74O6. The Labute approximate surface area is 335 Å². The van der Waals surface area contributed by atoms with Gasteiger partial charge in [-0.15, -0.1) is 0 Å². The number of carbonyl (C=O) groups is 3. The molecule has 0 aliphatic heterocycles. The zero-order chi connectivity index (χ0) is 40.1. The second-order valence-corrected chi connectivity index (χ2v) is 13.1. The predicted octanol–water partition coefficient (Wildman–Crippen LogP) is 13.4. The summed E-state index contributed by atoms with van der Waals surface area (Å²) in [5.74, 6) is -1.16. The summed E-state index contributed by atoms with van der Waals surface area (Å²) in [6.07, 6.45) is 57.9. The first kappa shape index (κ1) is 50.8. The highest BCUT2D eigenvalue weighted by molar-refractivity contribution is 5.72.